The fourth-order valence-electron chi connectivity index (χ4n) is 3.26. The number of benzene rings is 3. The van der Waals surface area contributed by atoms with Crippen LogP contribution in [-0.2, 0) is 11.3 Å². The first-order valence-electron chi connectivity index (χ1n) is 9.74. The van der Waals surface area contributed by atoms with Gasteiger partial charge in [-0.25, -0.2) is 5.43 Å². The third kappa shape index (κ3) is 5.42. The molecule has 4 rings (SSSR count). The Hall–Kier alpha value is -2.90. The first kappa shape index (κ1) is 21.3. The Morgan fingerprint density at radius 2 is 1.77 bits per heavy atom. The smallest absolute Gasteiger partial charge is 0.271 e. The van der Waals surface area contributed by atoms with Gasteiger partial charge in [-0.1, -0.05) is 70.5 Å². The van der Waals surface area contributed by atoms with Crippen molar-refractivity contribution >= 4 is 45.7 Å². The normalized spacial score (nSPS) is 16.1. The van der Waals surface area contributed by atoms with E-state index in [1.165, 1.54) is 0 Å². The summed E-state index contributed by atoms with van der Waals surface area (Å²) < 4.78 is 0.984. The van der Waals surface area contributed by atoms with E-state index < -0.39 is 0 Å². The Bertz CT molecular complexity index is 1090. The molecule has 31 heavy (non-hydrogen) atoms. The minimum absolute atomic E-state index is 0.0553. The van der Waals surface area contributed by atoms with Crippen LogP contribution in [-0.4, -0.2) is 28.7 Å². The molecule has 1 saturated heterocycles. The van der Waals surface area contributed by atoms with Crippen LogP contribution in [0.15, 0.2) is 88.4 Å². The van der Waals surface area contributed by atoms with Gasteiger partial charge in [0, 0.05) is 16.6 Å². The van der Waals surface area contributed by atoms with Crippen LogP contribution in [0.4, 0.5) is 0 Å². The average molecular weight is 494 g/mol. The standard InChI is InChI=1S/C24H20BrN3O2S/c25-21-12-6-17(7-13-21)14-26-27-23(30)19-8-10-20(11-9-19)24-28(22(29)16-31-24)15-18-4-2-1-3-5-18/h1-14,24H,15-16H2,(H,27,30)/b26-14-/t24-/m1/s1. The molecule has 1 N–H and O–H groups in total. The van der Waals surface area contributed by atoms with Crippen molar-refractivity contribution in [2.24, 2.45) is 5.10 Å². The highest BCUT2D eigenvalue weighted by atomic mass is 79.9. The van der Waals surface area contributed by atoms with E-state index in [1.54, 1.807) is 30.1 Å². The summed E-state index contributed by atoms with van der Waals surface area (Å²) in [6.07, 6.45) is 1.60. The number of carbonyl (C=O) groups excluding carboxylic acids is 2. The number of thioether (sulfide) groups is 1. The lowest BCUT2D eigenvalue weighted by molar-refractivity contribution is -0.128. The highest BCUT2D eigenvalue weighted by Gasteiger charge is 2.32. The van der Waals surface area contributed by atoms with E-state index in [1.807, 2.05) is 71.6 Å². The molecule has 1 atom stereocenters. The number of hydrazone groups is 1. The fraction of sp³-hybridized carbons (Fsp3) is 0.125. The summed E-state index contributed by atoms with van der Waals surface area (Å²) in [6.45, 7) is 0.574. The highest BCUT2D eigenvalue weighted by Crippen LogP contribution is 2.39. The Kier molecular flexibility index (Phi) is 6.84. The van der Waals surface area contributed by atoms with Crippen molar-refractivity contribution in [1.82, 2.24) is 10.3 Å². The Morgan fingerprint density at radius 3 is 2.48 bits per heavy atom. The van der Waals surface area contributed by atoms with E-state index in [0.29, 0.717) is 17.9 Å². The van der Waals surface area contributed by atoms with Crippen LogP contribution in [0, 0.1) is 0 Å². The van der Waals surface area contributed by atoms with Gasteiger partial charge in [0.1, 0.15) is 5.37 Å². The molecule has 0 aromatic heterocycles. The van der Waals surface area contributed by atoms with Crippen LogP contribution < -0.4 is 5.43 Å². The van der Waals surface area contributed by atoms with Gasteiger partial charge in [0.2, 0.25) is 5.91 Å². The van der Waals surface area contributed by atoms with Crippen molar-refractivity contribution < 1.29 is 9.59 Å². The van der Waals surface area contributed by atoms with Crippen molar-refractivity contribution in [3.05, 3.63) is 106 Å². The molecule has 5 nitrogen and oxygen atoms in total. The van der Waals surface area contributed by atoms with Gasteiger partial charge in [-0.3, -0.25) is 9.59 Å². The molecule has 0 unspecified atom stereocenters. The molecule has 1 aliphatic heterocycles. The molecule has 0 bridgehead atoms. The van der Waals surface area contributed by atoms with Crippen LogP contribution in [0.3, 0.4) is 0 Å². The SMILES string of the molecule is O=C(N/N=C\c1ccc(Br)cc1)c1ccc([C@H]2SCC(=O)N2Cc2ccccc2)cc1. The average Bonchev–Trinajstić information content (AvgIpc) is 3.16. The van der Waals surface area contributed by atoms with E-state index in [9.17, 15) is 9.59 Å². The van der Waals surface area contributed by atoms with Gasteiger partial charge in [-0.05, 0) is 41.0 Å². The minimum Gasteiger partial charge on any atom is -0.322 e. The van der Waals surface area contributed by atoms with E-state index in [0.717, 1.165) is 21.2 Å². The number of amides is 2. The molecule has 3 aromatic carbocycles. The largest absolute Gasteiger partial charge is 0.322 e. The summed E-state index contributed by atoms with van der Waals surface area (Å²) in [6, 6.07) is 24.9. The topological polar surface area (TPSA) is 61.8 Å². The molecule has 1 aliphatic rings. The van der Waals surface area contributed by atoms with E-state index in [-0.39, 0.29) is 17.2 Å². The molecule has 0 saturated carbocycles. The molecule has 156 valence electrons. The molecule has 0 radical (unpaired) electrons. The first-order valence-corrected chi connectivity index (χ1v) is 11.6. The summed E-state index contributed by atoms with van der Waals surface area (Å²) in [5.74, 6) is 0.309. The third-order valence-electron chi connectivity index (χ3n) is 4.87. The second-order valence-electron chi connectivity index (χ2n) is 7.04. The van der Waals surface area contributed by atoms with Crippen molar-refractivity contribution in [3.63, 3.8) is 0 Å². The third-order valence-corrected chi connectivity index (χ3v) is 6.66. The number of nitrogens with one attached hydrogen (secondary N) is 1. The van der Waals surface area contributed by atoms with Gasteiger partial charge in [0.15, 0.2) is 0 Å². The number of nitrogens with zero attached hydrogens (tertiary/aromatic N) is 2. The molecule has 3 aromatic rings. The molecule has 0 spiro atoms. The zero-order valence-electron chi connectivity index (χ0n) is 16.6. The predicted molar refractivity (Wildman–Crippen MR) is 128 cm³/mol. The number of rotatable bonds is 6. The summed E-state index contributed by atoms with van der Waals surface area (Å²) >= 11 is 4.99. The first-order chi connectivity index (χ1) is 15.1. The van der Waals surface area contributed by atoms with Crippen LogP contribution in [0.2, 0.25) is 0 Å². The van der Waals surface area contributed by atoms with Crippen molar-refractivity contribution in [3.8, 4) is 0 Å². The summed E-state index contributed by atoms with van der Waals surface area (Å²) in [5.41, 5.74) is 6.05. The number of carbonyl (C=O) groups is 2. The molecule has 1 heterocycles. The lowest BCUT2D eigenvalue weighted by Gasteiger charge is -2.24. The maximum atomic E-state index is 12.4. The molecular weight excluding hydrogens is 474 g/mol. The zero-order valence-corrected chi connectivity index (χ0v) is 19.0. The van der Waals surface area contributed by atoms with Crippen LogP contribution in [0.25, 0.3) is 0 Å². The fourth-order valence-corrected chi connectivity index (χ4v) is 4.71. The Morgan fingerprint density at radius 1 is 1.06 bits per heavy atom. The maximum Gasteiger partial charge on any atom is 0.271 e. The maximum absolute atomic E-state index is 12.4. The lowest BCUT2D eigenvalue weighted by atomic mass is 10.1. The lowest BCUT2D eigenvalue weighted by Crippen LogP contribution is -2.27. The molecule has 1 fully saturated rings. The summed E-state index contributed by atoms with van der Waals surface area (Å²) in [7, 11) is 0. The second-order valence-corrected chi connectivity index (χ2v) is 9.03. The van der Waals surface area contributed by atoms with Crippen LogP contribution in [0.5, 0.6) is 0 Å². The Balaban J connectivity index is 1.40. The monoisotopic (exact) mass is 493 g/mol. The van der Waals surface area contributed by atoms with E-state index >= 15 is 0 Å². The number of hydrogen-bond donors (Lipinski definition) is 1. The minimum atomic E-state index is -0.281. The number of hydrogen-bond acceptors (Lipinski definition) is 4. The second kappa shape index (κ2) is 9.94. The van der Waals surface area contributed by atoms with Gasteiger partial charge >= 0.3 is 0 Å². The Labute approximate surface area is 193 Å². The quantitative estimate of drug-likeness (QED) is 0.388. The summed E-state index contributed by atoms with van der Waals surface area (Å²) in [4.78, 5) is 26.7. The van der Waals surface area contributed by atoms with Crippen molar-refractivity contribution in [2.75, 3.05) is 5.75 Å². The molecular formula is C24H20BrN3O2S. The molecule has 2 amide bonds. The summed E-state index contributed by atoms with van der Waals surface area (Å²) in [5, 5.41) is 3.96. The zero-order chi connectivity index (χ0) is 21.6. The van der Waals surface area contributed by atoms with Crippen molar-refractivity contribution in [1.29, 1.82) is 0 Å². The van der Waals surface area contributed by atoms with Gasteiger partial charge in [0.05, 0.1) is 12.0 Å². The van der Waals surface area contributed by atoms with Gasteiger partial charge in [-0.15, -0.1) is 11.8 Å². The van der Waals surface area contributed by atoms with E-state index in [4.69, 9.17) is 0 Å². The van der Waals surface area contributed by atoms with Crippen molar-refractivity contribution in [2.45, 2.75) is 11.9 Å². The van der Waals surface area contributed by atoms with Gasteiger partial charge in [-0.2, -0.15) is 5.10 Å². The van der Waals surface area contributed by atoms with Gasteiger partial charge < -0.3 is 4.90 Å². The van der Waals surface area contributed by atoms with Crippen LogP contribution in [0.1, 0.15) is 32.4 Å². The van der Waals surface area contributed by atoms with Gasteiger partial charge in [0.25, 0.3) is 5.91 Å². The molecule has 0 aliphatic carbocycles. The van der Waals surface area contributed by atoms with E-state index in [2.05, 4.69) is 26.5 Å². The number of halogens is 1. The molecule has 7 heteroatoms. The highest BCUT2D eigenvalue weighted by molar-refractivity contribution is 9.10. The van der Waals surface area contributed by atoms with Crippen LogP contribution >= 0.6 is 27.7 Å². The predicted octanol–water partition coefficient (Wildman–Crippen LogP) is 4.99.